The fourth-order valence-electron chi connectivity index (χ4n) is 7.98. The van der Waals surface area contributed by atoms with E-state index in [-0.39, 0.29) is 0 Å². The number of hydrogen-bond donors (Lipinski definition) is 4. The molecule has 58 heavy (non-hydrogen) atoms. The van der Waals surface area contributed by atoms with Crippen LogP contribution in [0.3, 0.4) is 0 Å². The Balaban J connectivity index is 0.000000803. The summed E-state index contributed by atoms with van der Waals surface area (Å²) in [5.74, 6) is 10.1. The van der Waals surface area contributed by atoms with E-state index in [2.05, 4.69) is 124 Å². The lowest BCUT2D eigenvalue weighted by atomic mass is 9.34. The maximum absolute atomic E-state index is 13.2. The largest absolute Gasteiger partial charge is 0.382 e. The maximum atomic E-state index is 13.2. The van der Waals surface area contributed by atoms with Gasteiger partial charge in [-0.2, -0.15) is 0 Å². The Morgan fingerprint density at radius 1 is 0.397 bits per heavy atom. The van der Waals surface area contributed by atoms with Gasteiger partial charge >= 0.3 is 0 Å². The Hall–Kier alpha value is -2.69. The zero-order valence-electron chi connectivity index (χ0n) is 38.4. The second-order valence-electron chi connectivity index (χ2n) is 19.8. The van der Waals surface area contributed by atoms with Gasteiger partial charge in [0, 0.05) is 72.4 Å². The molecule has 10 heteroatoms. The Kier molecular flexibility index (Phi) is 15.9. The first-order chi connectivity index (χ1) is 26.6. The van der Waals surface area contributed by atoms with E-state index in [1.54, 1.807) is 0 Å². The van der Waals surface area contributed by atoms with Gasteiger partial charge in [0.15, 0.2) is 22.4 Å². The van der Waals surface area contributed by atoms with Gasteiger partial charge in [-0.05, 0) is 27.7 Å². The Bertz CT molecular complexity index is 1720. The van der Waals surface area contributed by atoms with Crippen molar-refractivity contribution in [2.24, 2.45) is 23.7 Å². The number of aliphatic hydroxyl groups is 4. The first-order valence-corrected chi connectivity index (χ1v) is 35.0. The van der Waals surface area contributed by atoms with Crippen molar-refractivity contribution < 1.29 is 29.9 Å². The SMILES string of the molecule is CCOCC.CCOCC.C[Si](C)(C)C#C[C@@]1(O)c2ccccc2[C@@](O)(C#C[Si](C)(C)C)C2C1C1C2[C@](O)(C#C[Si](C)(C)C)c2ccccc2[C@]1(O)C#C[Si](C)(C)C. The summed E-state index contributed by atoms with van der Waals surface area (Å²) in [6.07, 6.45) is 0. The molecule has 8 atom stereocenters. The number of fused-ring (bicyclic) bond motifs is 6. The summed E-state index contributed by atoms with van der Waals surface area (Å²) in [7, 11) is -8.04. The summed E-state index contributed by atoms with van der Waals surface area (Å²) >= 11 is 0. The number of hydrogen-bond acceptors (Lipinski definition) is 6. The Morgan fingerprint density at radius 3 is 0.690 bits per heavy atom. The van der Waals surface area contributed by atoms with E-state index in [0.29, 0.717) is 22.3 Å². The second-order valence-corrected chi connectivity index (χ2v) is 38.8. The molecule has 1 saturated carbocycles. The molecule has 0 heterocycles. The Labute approximate surface area is 356 Å². The lowest BCUT2D eigenvalue weighted by Gasteiger charge is -2.70. The molecule has 0 bridgehead atoms. The molecule has 5 rings (SSSR count). The second kappa shape index (κ2) is 18.5. The standard InChI is InChI=1S/C40H52O4Si4.2C4H10O/c1-45(2,3)25-21-37(41)29-17-13-14-18-30(29)38(42,22-26-46(4,5)6)34-33(37)35-36(34)40(44,24-28-48(10,11)12)32-20-16-15-19-31(32)39(35,43)23-27-47(7,8)9;2*1-3-5-4-2/h13-20,33-36,41-44H,1-12H3;2*3-4H2,1-2H3/t33?,34?,35?,36?,37-,38+,39-,40+;;. The van der Waals surface area contributed by atoms with Crippen LogP contribution >= 0.6 is 0 Å². The molecule has 0 saturated heterocycles. The van der Waals surface area contributed by atoms with Gasteiger partial charge in [0.05, 0.1) is 0 Å². The fraction of sp³-hybridized carbons (Fsp3) is 0.583. The van der Waals surface area contributed by atoms with Crippen molar-refractivity contribution in [1.29, 1.82) is 0 Å². The highest BCUT2D eigenvalue weighted by molar-refractivity contribution is 6.85. The van der Waals surface area contributed by atoms with Crippen molar-refractivity contribution in [2.75, 3.05) is 26.4 Å². The van der Waals surface area contributed by atoms with Crippen LogP contribution < -0.4 is 0 Å². The summed E-state index contributed by atoms with van der Waals surface area (Å²) in [5.41, 5.74) is 8.76. The first kappa shape index (κ1) is 49.7. The molecule has 0 radical (unpaired) electrons. The third-order valence-electron chi connectivity index (χ3n) is 10.3. The predicted molar refractivity (Wildman–Crippen MR) is 251 cm³/mol. The van der Waals surface area contributed by atoms with E-state index >= 15 is 0 Å². The van der Waals surface area contributed by atoms with Crippen LogP contribution in [0.15, 0.2) is 48.5 Å². The molecular weight excluding hydrogens is 785 g/mol. The zero-order valence-corrected chi connectivity index (χ0v) is 42.4. The summed E-state index contributed by atoms with van der Waals surface area (Å²) in [5, 5.41) is 52.6. The highest BCUT2D eigenvalue weighted by atomic mass is 28.3. The van der Waals surface area contributed by atoms with E-state index < -0.39 is 78.4 Å². The van der Waals surface area contributed by atoms with Crippen molar-refractivity contribution >= 4 is 32.3 Å². The molecule has 0 aromatic heterocycles. The van der Waals surface area contributed by atoms with Crippen LogP contribution in [0.2, 0.25) is 78.6 Å². The number of benzene rings is 2. The highest BCUT2D eigenvalue weighted by Gasteiger charge is 2.79. The first-order valence-electron chi connectivity index (χ1n) is 21.0. The van der Waals surface area contributed by atoms with Gasteiger partial charge in [-0.1, -0.05) is 151 Å². The van der Waals surface area contributed by atoms with Crippen LogP contribution in [-0.4, -0.2) is 79.1 Å². The van der Waals surface area contributed by atoms with Crippen molar-refractivity contribution in [2.45, 2.75) is 129 Å². The summed E-state index contributed by atoms with van der Waals surface area (Å²) in [6, 6.07) is 14.7. The molecule has 4 N–H and O–H groups in total. The molecule has 2 aromatic rings. The maximum Gasteiger partial charge on any atom is 0.154 e. The predicted octanol–water partition coefficient (Wildman–Crippen LogP) is 8.25. The van der Waals surface area contributed by atoms with E-state index in [4.69, 9.17) is 9.47 Å². The van der Waals surface area contributed by atoms with Crippen LogP contribution in [0.1, 0.15) is 49.9 Å². The minimum absolute atomic E-state index is 0.499. The Morgan fingerprint density at radius 2 is 0.569 bits per heavy atom. The topological polar surface area (TPSA) is 99.4 Å². The smallest absolute Gasteiger partial charge is 0.154 e. The number of rotatable bonds is 4. The normalized spacial score (nSPS) is 29.2. The molecule has 6 nitrogen and oxygen atoms in total. The van der Waals surface area contributed by atoms with Gasteiger partial charge in [-0.3, -0.25) is 0 Å². The van der Waals surface area contributed by atoms with Crippen molar-refractivity contribution in [3.8, 4) is 45.9 Å². The zero-order chi connectivity index (χ0) is 44.2. The van der Waals surface area contributed by atoms with Crippen LogP contribution in [0, 0.1) is 69.5 Å². The molecule has 2 aromatic carbocycles. The number of ether oxygens (including phenoxy) is 2. The van der Waals surface area contributed by atoms with Gasteiger partial charge in [-0.25, -0.2) is 0 Å². The van der Waals surface area contributed by atoms with Gasteiger partial charge in [0.25, 0.3) is 0 Å². The van der Waals surface area contributed by atoms with E-state index in [9.17, 15) is 20.4 Å². The van der Waals surface area contributed by atoms with Gasteiger partial charge in [0.1, 0.15) is 32.3 Å². The summed E-state index contributed by atoms with van der Waals surface area (Å²) < 4.78 is 9.67. The van der Waals surface area contributed by atoms with Crippen LogP contribution in [0.4, 0.5) is 0 Å². The highest BCUT2D eigenvalue weighted by Crippen LogP contribution is 2.73. The third-order valence-corrected chi connectivity index (χ3v) is 13.8. The van der Waals surface area contributed by atoms with Crippen LogP contribution in [0.5, 0.6) is 0 Å². The average molecular weight is 857 g/mol. The minimum atomic E-state index is -2.01. The molecule has 3 aliphatic rings. The van der Waals surface area contributed by atoms with Crippen molar-refractivity contribution in [3.05, 3.63) is 70.8 Å². The van der Waals surface area contributed by atoms with E-state index in [1.165, 1.54) is 0 Å². The van der Waals surface area contributed by atoms with Gasteiger partial charge in [-0.15, -0.1) is 22.2 Å². The van der Waals surface area contributed by atoms with Crippen molar-refractivity contribution in [1.82, 2.24) is 0 Å². The molecular formula is C48H72O6Si4. The molecule has 0 aliphatic heterocycles. The quantitative estimate of drug-likeness (QED) is 0.183. The monoisotopic (exact) mass is 856 g/mol. The molecule has 0 spiro atoms. The molecule has 1 fully saturated rings. The molecule has 0 amide bonds. The lowest BCUT2D eigenvalue weighted by Crippen LogP contribution is -2.76. The van der Waals surface area contributed by atoms with E-state index in [0.717, 1.165) is 26.4 Å². The van der Waals surface area contributed by atoms with Gasteiger partial charge < -0.3 is 29.9 Å². The van der Waals surface area contributed by atoms with E-state index in [1.807, 2.05) is 76.2 Å². The third kappa shape index (κ3) is 11.0. The summed E-state index contributed by atoms with van der Waals surface area (Å²) in [6.45, 7) is 36.9. The molecule has 316 valence electrons. The minimum Gasteiger partial charge on any atom is -0.382 e. The molecule has 4 unspecified atom stereocenters. The van der Waals surface area contributed by atoms with Crippen LogP contribution in [0.25, 0.3) is 0 Å². The van der Waals surface area contributed by atoms with Crippen LogP contribution in [-0.2, 0) is 31.9 Å². The lowest BCUT2D eigenvalue weighted by molar-refractivity contribution is -0.293. The molecule has 3 aliphatic carbocycles. The van der Waals surface area contributed by atoms with Gasteiger partial charge in [0.2, 0.25) is 0 Å². The summed E-state index contributed by atoms with van der Waals surface area (Å²) in [4.78, 5) is 0. The van der Waals surface area contributed by atoms with Crippen molar-refractivity contribution in [3.63, 3.8) is 0 Å². The fourth-order valence-corrected chi connectivity index (χ4v) is 10.2. The average Bonchev–Trinajstić information content (AvgIpc) is 3.10.